The van der Waals surface area contributed by atoms with Crippen LogP contribution < -0.4 is 4.90 Å². The number of anilines is 1. The average molecular weight is 382 g/mol. The lowest BCUT2D eigenvalue weighted by Crippen LogP contribution is -2.52. The molecule has 2 aromatic rings. The van der Waals surface area contributed by atoms with Gasteiger partial charge >= 0.3 is 6.03 Å². The van der Waals surface area contributed by atoms with Gasteiger partial charge in [-0.05, 0) is 25.8 Å². The van der Waals surface area contributed by atoms with E-state index in [9.17, 15) is 4.79 Å². The van der Waals surface area contributed by atoms with Crippen LogP contribution >= 0.6 is 0 Å². The lowest BCUT2D eigenvalue weighted by Gasteiger charge is -2.37. The van der Waals surface area contributed by atoms with Gasteiger partial charge in [-0.1, -0.05) is 37.6 Å². The predicted molar refractivity (Wildman–Crippen MR) is 114 cm³/mol. The third-order valence-electron chi connectivity index (χ3n) is 5.20. The Morgan fingerprint density at radius 2 is 1.75 bits per heavy atom. The maximum atomic E-state index is 12.2. The number of carbonyl (C=O) groups is 1. The summed E-state index contributed by atoms with van der Waals surface area (Å²) in [5.74, 6) is 2.12. The molecule has 3 rings (SSSR count). The lowest BCUT2D eigenvalue weighted by atomic mass is 10.0. The van der Waals surface area contributed by atoms with Crippen molar-refractivity contribution in [3.05, 3.63) is 41.1 Å². The van der Waals surface area contributed by atoms with Crippen LogP contribution in [-0.4, -0.2) is 66.1 Å². The van der Waals surface area contributed by atoms with Crippen LogP contribution in [0.1, 0.15) is 36.6 Å². The van der Waals surface area contributed by atoms with Crippen molar-refractivity contribution in [1.29, 1.82) is 0 Å². The van der Waals surface area contributed by atoms with Crippen molar-refractivity contribution in [2.45, 2.75) is 33.6 Å². The third kappa shape index (κ3) is 4.11. The molecule has 2 amide bonds. The molecule has 0 spiro atoms. The Hall–Kier alpha value is -2.63. The van der Waals surface area contributed by atoms with Crippen LogP contribution in [0.15, 0.2) is 24.3 Å². The van der Waals surface area contributed by atoms with Crippen molar-refractivity contribution in [3.63, 3.8) is 0 Å². The Morgan fingerprint density at radius 1 is 1.07 bits per heavy atom. The van der Waals surface area contributed by atoms with Crippen molar-refractivity contribution in [2.75, 3.05) is 45.2 Å². The minimum Gasteiger partial charge on any atom is -0.353 e. The van der Waals surface area contributed by atoms with Gasteiger partial charge in [0.15, 0.2) is 5.82 Å². The predicted octanol–water partition coefficient (Wildman–Crippen LogP) is 3.69. The van der Waals surface area contributed by atoms with E-state index < -0.39 is 0 Å². The van der Waals surface area contributed by atoms with E-state index in [-0.39, 0.29) is 6.03 Å². The molecular weight excluding hydrogens is 350 g/mol. The molecule has 0 N–H and O–H groups in total. The summed E-state index contributed by atoms with van der Waals surface area (Å²) in [5.41, 5.74) is 4.47. The van der Waals surface area contributed by atoms with E-state index in [2.05, 4.69) is 50.8 Å². The molecule has 1 saturated heterocycles. The fraction of sp³-hybridized carbons (Fsp3) is 0.500. The van der Waals surface area contributed by atoms with Crippen LogP contribution in [0.2, 0.25) is 0 Å². The Morgan fingerprint density at radius 3 is 2.32 bits per heavy atom. The summed E-state index contributed by atoms with van der Waals surface area (Å²) in [6, 6.07) is 8.39. The molecule has 0 radical (unpaired) electrons. The zero-order valence-electron chi connectivity index (χ0n) is 17.9. The molecule has 0 atom stereocenters. The summed E-state index contributed by atoms with van der Waals surface area (Å²) in [7, 11) is 3.60. The number of benzene rings is 1. The first-order valence-corrected chi connectivity index (χ1v) is 9.94. The van der Waals surface area contributed by atoms with Gasteiger partial charge in [0.1, 0.15) is 5.82 Å². The zero-order valence-corrected chi connectivity index (χ0v) is 17.9. The van der Waals surface area contributed by atoms with E-state index >= 15 is 0 Å². The Labute approximate surface area is 168 Å². The number of aryl methyl sites for hydroxylation is 2. The van der Waals surface area contributed by atoms with Crippen LogP contribution in [-0.2, 0) is 0 Å². The van der Waals surface area contributed by atoms with Gasteiger partial charge in [-0.3, -0.25) is 0 Å². The van der Waals surface area contributed by atoms with E-state index in [1.807, 2.05) is 11.0 Å². The second-order valence-electron chi connectivity index (χ2n) is 8.05. The maximum absolute atomic E-state index is 12.2. The molecule has 1 aliphatic rings. The molecule has 28 heavy (non-hydrogen) atoms. The van der Waals surface area contributed by atoms with Gasteiger partial charge < -0.3 is 14.7 Å². The molecule has 150 valence electrons. The third-order valence-corrected chi connectivity index (χ3v) is 5.20. The van der Waals surface area contributed by atoms with Gasteiger partial charge in [0.2, 0.25) is 0 Å². The Kier molecular flexibility index (Phi) is 5.87. The first-order valence-electron chi connectivity index (χ1n) is 9.94. The molecule has 0 aliphatic carbocycles. The Bertz CT molecular complexity index is 854. The molecule has 1 aromatic carbocycles. The molecule has 1 aliphatic heterocycles. The molecule has 1 aromatic heterocycles. The number of amides is 2. The van der Waals surface area contributed by atoms with E-state index in [1.165, 1.54) is 11.1 Å². The Balaban J connectivity index is 1.94. The highest BCUT2D eigenvalue weighted by Gasteiger charge is 2.26. The minimum absolute atomic E-state index is 0.0723. The van der Waals surface area contributed by atoms with Crippen molar-refractivity contribution < 1.29 is 4.79 Å². The number of nitrogens with zero attached hydrogens (tertiary/aromatic N) is 5. The number of aromatic nitrogens is 2. The van der Waals surface area contributed by atoms with Crippen molar-refractivity contribution in [3.8, 4) is 11.4 Å². The second-order valence-corrected chi connectivity index (χ2v) is 8.05. The lowest BCUT2D eigenvalue weighted by molar-refractivity contribution is 0.168. The highest BCUT2D eigenvalue weighted by molar-refractivity contribution is 5.74. The number of urea groups is 1. The van der Waals surface area contributed by atoms with Crippen LogP contribution in [0.25, 0.3) is 11.4 Å². The summed E-state index contributed by atoms with van der Waals surface area (Å²) in [6.45, 7) is 11.5. The summed E-state index contributed by atoms with van der Waals surface area (Å²) in [6.07, 6.45) is 0. The smallest absolute Gasteiger partial charge is 0.319 e. The van der Waals surface area contributed by atoms with E-state index in [0.717, 1.165) is 36.0 Å². The van der Waals surface area contributed by atoms with Crippen LogP contribution in [0.3, 0.4) is 0 Å². The first kappa shape index (κ1) is 20.1. The van der Waals surface area contributed by atoms with Crippen LogP contribution in [0.5, 0.6) is 0 Å². The van der Waals surface area contributed by atoms with Gasteiger partial charge in [-0.2, -0.15) is 0 Å². The fourth-order valence-corrected chi connectivity index (χ4v) is 3.79. The standard InChI is InChI=1S/C22H31N5O/c1-15(2)19-17(4)23-20(18-9-7-8-16(3)14-18)24-21(19)26-10-12-27(13-11-26)22(28)25(5)6/h7-9,14-15H,10-13H2,1-6H3. The molecular formula is C22H31N5O. The molecule has 2 heterocycles. The van der Waals surface area contributed by atoms with Crippen LogP contribution in [0.4, 0.5) is 10.6 Å². The summed E-state index contributed by atoms with van der Waals surface area (Å²) < 4.78 is 0. The highest BCUT2D eigenvalue weighted by Crippen LogP contribution is 2.31. The van der Waals surface area contributed by atoms with Gasteiger partial charge in [-0.15, -0.1) is 0 Å². The largest absolute Gasteiger partial charge is 0.353 e. The fourth-order valence-electron chi connectivity index (χ4n) is 3.79. The monoisotopic (exact) mass is 381 g/mol. The summed E-state index contributed by atoms with van der Waals surface area (Å²) in [4.78, 5) is 27.9. The molecule has 0 bridgehead atoms. The number of hydrogen-bond donors (Lipinski definition) is 0. The molecule has 0 unspecified atom stereocenters. The van der Waals surface area contributed by atoms with Gasteiger partial charge in [-0.25, -0.2) is 14.8 Å². The summed E-state index contributed by atoms with van der Waals surface area (Å²) >= 11 is 0. The van der Waals surface area contributed by atoms with Gasteiger partial charge in [0.05, 0.1) is 0 Å². The first-order chi connectivity index (χ1) is 13.3. The number of hydrogen-bond acceptors (Lipinski definition) is 4. The van der Waals surface area contributed by atoms with Crippen molar-refractivity contribution in [1.82, 2.24) is 19.8 Å². The number of piperazine rings is 1. The van der Waals surface area contributed by atoms with E-state index in [0.29, 0.717) is 19.0 Å². The molecule has 6 nitrogen and oxygen atoms in total. The van der Waals surface area contributed by atoms with Gasteiger partial charge in [0, 0.05) is 57.1 Å². The van der Waals surface area contributed by atoms with Crippen molar-refractivity contribution >= 4 is 11.8 Å². The molecule has 1 fully saturated rings. The average Bonchev–Trinajstić information content (AvgIpc) is 2.66. The normalized spacial score (nSPS) is 14.5. The highest BCUT2D eigenvalue weighted by atomic mass is 16.2. The maximum Gasteiger partial charge on any atom is 0.319 e. The number of carbonyl (C=O) groups excluding carboxylic acids is 1. The minimum atomic E-state index is 0.0723. The molecule has 6 heteroatoms. The second kappa shape index (κ2) is 8.17. The SMILES string of the molecule is Cc1cccc(-c2nc(C)c(C(C)C)c(N3CCN(C(=O)N(C)C)CC3)n2)c1. The quantitative estimate of drug-likeness (QED) is 0.814. The summed E-state index contributed by atoms with van der Waals surface area (Å²) in [5, 5.41) is 0. The topological polar surface area (TPSA) is 52.6 Å². The van der Waals surface area contributed by atoms with E-state index in [1.54, 1.807) is 19.0 Å². The van der Waals surface area contributed by atoms with Crippen LogP contribution in [0, 0.1) is 13.8 Å². The number of rotatable bonds is 3. The molecule has 0 saturated carbocycles. The van der Waals surface area contributed by atoms with Gasteiger partial charge in [0.25, 0.3) is 0 Å². The van der Waals surface area contributed by atoms with Crippen molar-refractivity contribution in [2.24, 2.45) is 0 Å². The van der Waals surface area contributed by atoms with E-state index in [4.69, 9.17) is 9.97 Å². The zero-order chi connectivity index (χ0) is 20.4.